The van der Waals surface area contributed by atoms with Gasteiger partial charge < -0.3 is 26.5 Å². The first kappa shape index (κ1) is 23.9. The molecule has 0 aliphatic heterocycles. The van der Waals surface area contributed by atoms with Crippen molar-refractivity contribution in [3.05, 3.63) is 64.1 Å². The number of nitrogens with zero attached hydrogens (tertiary/aromatic N) is 1. The molecule has 0 fully saturated rings. The maximum atomic E-state index is 12.4. The third kappa shape index (κ3) is 8.09. The second kappa shape index (κ2) is 12.3. The SMILES string of the molecule is CCOC(=O)C(Cc1ccc(Br)cc1)NC(=O)CNC(=O)c1cccc(NC=NN)c1. The van der Waals surface area contributed by atoms with Crippen molar-refractivity contribution in [2.45, 2.75) is 19.4 Å². The molecule has 0 bridgehead atoms. The number of nitrogens with two attached hydrogens (primary N) is 1. The average Bonchev–Trinajstić information content (AvgIpc) is 2.77. The van der Waals surface area contributed by atoms with E-state index in [9.17, 15) is 14.4 Å². The van der Waals surface area contributed by atoms with Crippen LogP contribution in [0.3, 0.4) is 0 Å². The zero-order valence-corrected chi connectivity index (χ0v) is 18.5. The summed E-state index contributed by atoms with van der Waals surface area (Å²) in [6.45, 7) is 1.59. The minimum absolute atomic E-state index is 0.196. The summed E-state index contributed by atoms with van der Waals surface area (Å²) in [5.41, 5.74) is 1.82. The predicted molar refractivity (Wildman–Crippen MR) is 121 cm³/mol. The molecule has 10 heteroatoms. The Bertz CT molecular complexity index is 934. The first-order valence-electron chi connectivity index (χ1n) is 9.50. The summed E-state index contributed by atoms with van der Waals surface area (Å²) in [5.74, 6) is 3.55. The van der Waals surface area contributed by atoms with Crippen LogP contribution < -0.4 is 21.8 Å². The number of esters is 1. The average molecular weight is 490 g/mol. The number of ether oxygens (including phenoxy) is 1. The van der Waals surface area contributed by atoms with Crippen molar-refractivity contribution >= 4 is 45.7 Å². The summed E-state index contributed by atoms with van der Waals surface area (Å²) in [4.78, 5) is 37.0. The van der Waals surface area contributed by atoms with Gasteiger partial charge in [-0.05, 0) is 42.8 Å². The lowest BCUT2D eigenvalue weighted by atomic mass is 10.1. The highest BCUT2D eigenvalue weighted by molar-refractivity contribution is 9.10. The van der Waals surface area contributed by atoms with E-state index in [2.05, 4.69) is 37.0 Å². The van der Waals surface area contributed by atoms with E-state index in [1.54, 1.807) is 31.2 Å². The van der Waals surface area contributed by atoms with Gasteiger partial charge in [-0.1, -0.05) is 34.1 Å². The fraction of sp³-hybridized carbons (Fsp3) is 0.238. The maximum absolute atomic E-state index is 12.4. The van der Waals surface area contributed by atoms with Crippen molar-refractivity contribution in [2.75, 3.05) is 18.5 Å². The van der Waals surface area contributed by atoms with Crippen LogP contribution in [0.2, 0.25) is 0 Å². The first-order valence-corrected chi connectivity index (χ1v) is 10.3. The molecule has 0 heterocycles. The standard InChI is InChI=1S/C21H24BrN5O4/c1-2-31-21(30)18(10-14-6-8-16(22)9-7-14)27-19(28)12-24-20(29)15-4-3-5-17(11-15)25-13-26-23/h3-9,11,13,18H,2,10,12,23H2,1H3,(H,24,29)(H,25,26)(H,27,28). The number of nitrogens with one attached hydrogen (secondary N) is 3. The fourth-order valence-corrected chi connectivity index (χ4v) is 2.93. The van der Waals surface area contributed by atoms with Crippen molar-refractivity contribution in [2.24, 2.45) is 10.9 Å². The van der Waals surface area contributed by atoms with Gasteiger partial charge in [0, 0.05) is 22.1 Å². The van der Waals surface area contributed by atoms with Crippen molar-refractivity contribution in [1.82, 2.24) is 10.6 Å². The second-order valence-electron chi connectivity index (χ2n) is 6.39. The highest BCUT2D eigenvalue weighted by atomic mass is 79.9. The van der Waals surface area contributed by atoms with Crippen molar-refractivity contribution < 1.29 is 19.1 Å². The highest BCUT2D eigenvalue weighted by Crippen LogP contribution is 2.13. The van der Waals surface area contributed by atoms with Crippen molar-refractivity contribution in [3.63, 3.8) is 0 Å². The molecular formula is C21H24BrN5O4. The van der Waals surface area contributed by atoms with Gasteiger partial charge in [0.15, 0.2) is 0 Å². The number of hydrazone groups is 1. The molecule has 2 rings (SSSR count). The van der Waals surface area contributed by atoms with Gasteiger partial charge in [0.2, 0.25) is 5.91 Å². The van der Waals surface area contributed by atoms with Crippen LogP contribution in [0.5, 0.6) is 0 Å². The highest BCUT2D eigenvalue weighted by Gasteiger charge is 2.23. The molecule has 0 aromatic heterocycles. The first-order chi connectivity index (χ1) is 14.9. The van der Waals surface area contributed by atoms with Gasteiger partial charge in [-0.3, -0.25) is 9.59 Å². The van der Waals surface area contributed by atoms with Crippen LogP contribution in [0, 0.1) is 0 Å². The topological polar surface area (TPSA) is 135 Å². The van der Waals surface area contributed by atoms with E-state index in [-0.39, 0.29) is 19.6 Å². The zero-order valence-electron chi connectivity index (χ0n) is 16.9. The summed E-state index contributed by atoms with van der Waals surface area (Å²) in [6.07, 6.45) is 1.55. The number of anilines is 1. The fourth-order valence-electron chi connectivity index (χ4n) is 2.66. The molecule has 5 N–H and O–H groups in total. The number of hydrogen-bond acceptors (Lipinski definition) is 6. The second-order valence-corrected chi connectivity index (χ2v) is 7.30. The zero-order chi connectivity index (χ0) is 22.6. The summed E-state index contributed by atoms with van der Waals surface area (Å²) >= 11 is 3.36. The number of benzene rings is 2. The summed E-state index contributed by atoms with van der Waals surface area (Å²) in [7, 11) is 0. The Labute approximate surface area is 188 Å². The van der Waals surface area contributed by atoms with Gasteiger partial charge in [-0.2, -0.15) is 5.10 Å². The number of rotatable bonds is 10. The quantitative estimate of drug-likeness (QED) is 0.132. The Kier molecular flexibility index (Phi) is 9.50. The molecule has 0 spiro atoms. The molecule has 1 atom stereocenters. The Morgan fingerprint density at radius 2 is 1.94 bits per heavy atom. The number of amides is 2. The Morgan fingerprint density at radius 3 is 2.61 bits per heavy atom. The van der Waals surface area contributed by atoms with Crippen LogP contribution in [0.25, 0.3) is 0 Å². The summed E-state index contributed by atoms with van der Waals surface area (Å²) in [6, 6.07) is 13.1. The molecule has 0 aliphatic carbocycles. The van der Waals surface area contributed by atoms with E-state index in [0.29, 0.717) is 11.3 Å². The largest absolute Gasteiger partial charge is 0.464 e. The predicted octanol–water partition coefficient (Wildman–Crippen LogP) is 1.78. The smallest absolute Gasteiger partial charge is 0.328 e. The van der Waals surface area contributed by atoms with Gasteiger partial charge >= 0.3 is 5.97 Å². The lowest BCUT2D eigenvalue weighted by molar-refractivity contribution is -0.147. The molecule has 2 aromatic rings. The van der Waals surface area contributed by atoms with E-state index in [1.165, 1.54) is 6.34 Å². The van der Waals surface area contributed by atoms with Gasteiger partial charge in [0.05, 0.1) is 13.2 Å². The monoisotopic (exact) mass is 489 g/mol. The van der Waals surface area contributed by atoms with Crippen LogP contribution in [0.4, 0.5) is 5.69 Å². The Hall–Kier alpha value is -3.40. The van der Waals surface area contributed by atoms with Gasteiger partial charge in [0.25, 0.3) is 5.91 Å². The lowest BCUT2D eigenvalue weighted by Crippen LogP contribution is -2.47. The van der Waals surface area contributed by atoms with E-state index < -0.39 is 23.8 Å². The van der Waals surface area contributed by atoms with Crippen LogP contribution in [-0.4, -0.2) is 43.3 Å². The molecule has 0 radical (unpaired) electrons. The minimum Gasteiger partial charge on any atom is -0.464 e. The molecule has 0 aliphatic rings. The maximum Gasteiger partial charge on any atom is 0.328 e. The minimum atomic E-state index is -0.867. The normalized spacial score (nSPS) is 11.5. The molecule has 2 aromatic carbocycles. The summed E-state index contributed by atoms with van der Waals surface area (Å²) in [5, 5.41) is 11.3. The molecule has 164 valence electrons. The molecule has 31 heavy (non-hydrogen) atoms. The number of carbonyl (C=O) groups excluding carboxylic acids is 3. The Balaban J connectivity index is 1.96. The van der Waals surface area contributed by atoms with Gasteiger partial charge in [0.1, 0.15) is 12.4 Å². The Morgan fingerprint density at radius 1 is 1.19 bits per heavy atom. The van der Waals surface area contributed by atoms with Crippen LogP contribution in [-0.2, 0) is 20.7 Å². The van der Waals surface area contributed by atoms with E-state index >= 15 is 0 Å². The molecule has 9 nitrogen and oxygen atoms in total. The van der Waals surface area contributed by atoms with Crippen LogP contribution in [0.15, 0.2) is 58.1 Å². The van der Waals surface area contributed by atoms with E-state index in [4.69, 9.17) is 10.6 Å². The summed E-state index contributed by atoms with van der Waals surface area (Å²) < 4.78 is 5.97. The number of halogens is 1. The lowest BCUT2D eigenvalue weighted by Gasteiger charge is -2.18. The molecule has 1 unspecified atom stereocenters. The number of carbonyl (C=O) groups is 3. The van der Waals surface area contributed by atoms with Crippen molar-refractivity contribution in [1.29, 1.82) is 0 Å². The van der Waals surface area contributed by atoms with Gasteiger partial charge in [-0.15, -0.1) is 0 Å². The molecule has 2 amide bonds. The van der Waals surface area contributed by atoms with Crippen molar-refractivity contribution in [3.8, 4) is 0 Å². The molecule has 0 saturated carbocycles. The molecular weight excluding hydrogens is 466 g/mol. The van der Waals surface area contributed by atoms with E-state index in [0.717, 1.165) is 10.0 Å². The van der Waals surface area contributed by atoms with E-state index in [1.807, 2.05) is 24.3 Å². The number of hydrogen-bond donors (Lipinski definition) is 4. The van der Waals surface area contributed by atoms with Gasteiger partial charge in [-0.25, -0.2) is 4.79 Å². The third-order valence-electron chi connectivity index (χ3n) is 4.10. The van der Waals surface area contributed by atoms with Crippen LogP contribution in [0.1, 0.15) is 22.8 Å². The van der Waals surface area contributed by atoms with Crippen LogP contribution >= 0.6 is 15.9 Å². The molecule has 0 saturated heterocycles. The third-order valence-corrected chi connectivity index (χ3v) is 4.63.